The topological polar surface area (TPSA) is 66.5 Å². The molecule has 0 aliphatic carbocycles. The Balaban J connectivity index is 2.17. The van der Waals surface area contributed by atoms with Gasteiger partial charge in [-0.1, -0.05) is 56.7 Å². The molecule has 1 aliphatic heterocycles. The maximum atomic E-state index is 13.2. The normalized spacial score (nSPS) is 19.6. The molecule has 1 atom stereocenters. The third-order valence-electron chi connectivity index (χ3n) is 4.97. The van der Waals surface area contributed by atoms with Crippen LogP contribution in [0.5, 0.6) is 0 Å². The van der Waals surface area contributed by atoms with Gasteiger partial charge in [-0.3, -0.25) is 4.79 Å². The third-order valence-corrected chi connectivity index (χ3v) is 6.94. The molecule has 26 heavy (non-hydrogen) atoms. The molecule has 1 fully saturated rings. The van der Waals surface area contributed by atoms with Crippen LogP contribution in [0.2, 0.25) is 0 Å². The van der Waals surface area contributed by atoms with Gasteiger partial charge in [0.1, 0.15) is 0 Å². The van der Waals surface area contributed by atoms with Gasteiger partial charge in [0.15, 0.2) is 0 Å². The first kappa shape index (κ1) is 20.9. The molecule has 0 bridgehead atoms. The molecule has 1 aromatic carbocycles. The fraction of sp³-hybridized carbons (Fsp3) is 0.650. The van der Waals surface area contributed by atoms with Crippen LogP contribution in [0.1, 0.15) is 63.9 Å². The lowest BCUT2D eigenvalue weighted by molar-refractivity contribution is -0.122. The summed E-state index contributed by atoms with van der Waals surface area (Å²) in [4.78, 5) is 12.4. The number of aryl methyl sites for hydroxylation is 1. The first-order chi connectivity index (χ1) is 12.4. The molecule has 0 unspecified atom stereocenters. The first-order valence-electron chi connectivity index (χ1n) is 9.80. The predicted octanol–water partition coefficient (Wildman–Crippen LogP) is 3.62. The number of carbonyl (C=O) groups is 1. The molecule has 0 saturated carbocycles. The van der Waals surface area contributed by atoms with Crippen molar-refractivity contribution in [3.05, 3.63) is 29.8 Å². The van der Waals surface area contributed by atoms with E-state index in [9.17, 15) is 13.2 Å². The zero-order valence-electron chi connectivity index (χ0n) is 16.0. The molecule has 1 saturated heterocycles. The number of rotatable bonds is 8. The lowest BCUT2D eigenvalue weighted by Crippen LogP contribution is -2.46. The molecule has 2 rings (SSSR count). The Morgan fingerprint density at radius 1 is 1.12 bits per heavy atom. The Morgan fingerprint density at radius 2 is 1.81 bits per heavy atom. The second-order valence-electron chi connectivity index (χ2n) is 7.19. The van der Waals surface area contributed by atoms with Gasteiger partial charge in [-0.25, -0.2) is 8.42 Å². The lowest BCUT2D eigenvalue weighted by atomic mass is 10.0. The maximum Gasteiger partial charge on any atom is 0.243 e. The average molecular weight is 381 g/mol. The smallest absolute Gasteiger partial charge is 0.243 e. The molecule has 1 aromatic rings. The van der Waals surface area contributed by atoms with E-state index in [1.54, 1.807) is 16.4 Å². The van der Waals surface area contributed by atoms with Crippen molar-refractivity contribution in [3.8, 4) is 0 Å². The molecule has 0 radical (unpaired) electrons. The van der Waals surface area contributed by atoms with Gasteiger partial charge < -0.3 is 5.32 Å². The fourth-order valence-electron chi connectivity index (χ4n) is 3.42. The quantitative estimate of drug-likeness (QED) is 0.701. The van der Waals surface area contributed by atoms with Gasteiger partial charge in [-0.15, -0.1) is 0 Å². The van der Waals surface area contributed by atoms with Crippen LogP contribution in [0.3, 0.4) is 0 Å². The van der Waals surface area contributed by atoms with Crippen molar-refractivity contribution in [1.82, 2.24) is 9.62 Å². The first-order valence-corrected chi connectivity index (χ1v) is 11.2. The highest BCUT2D eigenvalue weighted by molar-refractivity contribution is 7.89. The van der Waals surface area contributed by atoms with Crippen LogP contribution in [0.15, 0.2) is 29.2 Å². The Bertz CT molecular complexity index is 671. The van der Waals surface area contributed by atoms with Crippen molar-refractivity contribution in [3.63, 3.8) is 0 Å². The van der Waals surface area contributed by atoms with Gasteiger partial charge in [0, 0.05) is 25.6 Å². The van der Waals surface area contributed by atoms with E-state index in [0.29, 0.717) is 24.4 Å². The Morgan fingerprint density at radius 3 is 2.50 bits per heavy atom. The summed E-state index contributed by atoms with van der Waals surface area (Å²) in [6.07, 6.45) is 7.23. The second-order valence-corrected chi connectivity index (χ2v) is 9.08. The Hall–Kier alpha value is -1.40. The number of benzene rings is 1. The van der Waals surface area contributed by atoms with Crippen molar-refractivity contribution in [2.24, 2.45) is 0 Å². The van der Waals surface area contributed by atoms with Crippen LogP contribution < -0.4 is 5.32 Å². The molecule has 1 heterocycles. The van der Waals surface area contributed by atoms with Crippen molar-refractivity contribution in [1.29, 1.82) is 0 Å². The van der Waals surface area contributed by atoms with Crippen molar-refractivity contribution >= 4 is 15.9 Å². The van der Waals surface area contributed by atoms with Crippen LogP contribution in [0.25, 0.3) is 0 Å². The minimum atomic E-state index is -3.58. The van der Waals surface area contributed by atoms with Crippen LogP contribution in [0.4, 0.5) is 0 Å². The van der Waals surface area contributed by atoms with Crippen molar-refractivity contribution in [2.75, 3.05) is 13.1 Å². The molecule has 1 aliphatic rings. The van der Waals surface area contributed by atoms with Gasteiger partial charge in [-0.05, 0) is 31.9 Å². The van der Waals surface area contributed by atoms with Gasteiger partial charge in [0.25, 0.3) is 0 Å². The van der Waals surface area contributed by atoms with Crippen LogP contribution >= 0.6 is 0 Å². The van der Waals surface area contributed by atoms with E-state index < -0.39 is 10.0 Å². The highest BCUT2D eigenvalue weighted by Crippen LogP contribution is 2.25. The molecule has 6 heteroatoms. The molecule has 1 N–H and O–H groups in total. The zero-order valence-corrected chi connectivity index (χ0v) is 16.9. The molecule has 146 valence electrons. The third kappa shape index (κ3) is 5.81. The number of hydrogen-bond donors (Lipinski definition) is 1. The highest BCUT2D eigenvalue weighted by Gasteiger charge is 2.33. The summed E-state index contributed by atoms with van der Waals surface area (Å²) in [5.41, 5.74) is 1.03. The molecular formula is C20H32N2O3S. The number of carbonyl (C=O) groups excluding carboxylic acids is 1. The molecule has 1 amide bonds. The fourth-order valence-corrected chi connectivity index (χ4v) is 5.12. The van der Waals surface area contributed by atoms with Crippen LogP contribution in [-0.2, 0) is 14.8 Å². The number of unbranched alkanes of at least 4 members (excludes halogenated alkanes) is 4. The minimum Gasteiger partial charge on any atom is -0.356 e. The van der Waals surface area contributed by atoms with Crippen molar-refractivity contribution in [2.45, 2.75) is 76.2 Å². The minimum absolute atomic E-state index is 0.0487. The second kappa shape index (κ2) is 10.1. The number of nitrogens with one attached hydrogen (secondary N) is 1. The molecule has 0 aromatic heterocycles. The van der Waals surface area contributed by atoms with E-state index in [2.05, 4.69) is 12.2 Å². The molecule has 0 spiro atoms. The van der Waals surface area contributed by atoms with E-state index in [4.69, 9.17) is 0 Å². The predicted molar refractivity (Wildman–Crippen MR) is 104 cm³/mol. The van der Waals surface area contributed by atoms with E-state index in [1.807, 2.05) is 19.1 Å². The number of hydrogen-bond acceptors (Lipinski definition) is 3. The SMILES string of the molecule is CCCCCCC[C@@H]1CC(=O)NCCCN1S(=O)(=O)c1ccc(C)cc1. The Labute approximate surface area is 158 Å². The van der Waals surface area contributed by atoms with Crippen LogP contribution in [-0.4, -0.2) is 37.8 Å². The largest absolute Gasteiger partial charge is 0.356 e. The Kier molecular flexibility index (Phi) is 8.10. The monoisotopic (exact) mass is 380 g/mol. The van der Waals surface area contributed by atoms with E-state index >= 15 is 0 Å². The summed E-state index contributed by atoms with van der Waals surface area (Å²) in [6, 6.07) is 6.72. The molecular weight excluding hydrogens is 348 g/mol. The molecule has 5 nitrogen and oxygen atoms in total. The zero-order chi connectivity index (χ0) is 19.0. The lowest BCUT2D eigenvalue weighted by Gasteiger charge is -2.32. The van der Waals surface area contributed by atoms with Gasteiger partial charge in [0.05, 0.1) is 4.90 Å². The van der Waals surface area contributed by atoms with Crippen molar-refractivity contribution < 1.29 is 13.2 Å². The van der Waals surface area contributed by atoms with Gasteiger partial charge in [-0.2, -0.15) is 4.31 Å². The summed E-state index contributed by atoms with van der Waals surface area (Å²) in [5, 5.41) is 2.88. The summed E-state index contributed by atoms with van der Waals surface area (Å²) in [6.45, 7) is 5.10. The highest BCUT2D eigenvalue weighted by atomic mass is 32.2. The van der Waals surface area contributed by atoms with E-state index in [0.717, 1.165) is 24.8 Å². The number of sulfonamides is 1. The van der Waals surface area contributed by atoms with Gasteiger partial charge in [0.2, 0.25) is 15.9 Å². The number of amides is 1. The standard InChI is InChI=1S/C20H32N2O3S/c1-3-4-5-6-7-9-18-16-20(23)21-14-8-15-22(18)26(24,25)19-12-10-17(2)11-13-19/h10-13,18H,3-9,14-16H2,1-2H3,(H,21,23)/t18-/m1/s1. The average Bonchev–Trinajstić information content (AvgIpc) is 2.59. The summed E-state index contributed by atoms with van der Waals surface area (Å²) < 4.78 is 28.0. The maximum absolute atomic E-state index is 13.2. The summed E-state index contributed by atoms with van der Waals surface area (Å²) in [5.74, 6) is -0.0487. The summed E-state index contributed by atoms with van der Waals surface area (Å²) in [7, 11) is -3.58. The van der Waals surface area contributed by atoms with E-state index in [-0.39, 0.29) is 18.4 Å². The van der Waals surface area contributed by atoms with E-state index in [1.165, 1.54) is 19.3 Å². The number of nitrogens with zero attached hydrogens (tertiary/aromatic N) is 1. The van der Waals surface area contributed by atoms with Gasteiger partial charge >= 0.3 is 0 Å². The van der Waals surface area contributed by atoms with Crippen LogP contribution in [0, 0.1) is 6.92 Å². The summed E-state index contributed by atoms with van der Waals surface area (Å²) >= 11 is 0.